The van der Waals surface area contributed by atoms with Gasteiger partial charge in [0.1, 0.15) is 5.75 Å². The molecule has 0 unspecified atom stereocenters. The largest absolute Gasteiger partial charge is 0.497 e. The van der Waals surface area contributed by atoms with E-state index in [0.29, 0.717) is 6.54 Å². The number of benzene rings is 2. The summed E-state index contributed by atoms with van der Waals surface area (Å²) >= 11 is 0. The van der Waals surface area contributed by atoms with Crippen LogP contribution in [0.15, 0.2) is 42.5 Å². The van der Waals surface area contributed by atoms with Gasteiger partial charge in [0.25, 0.3) is 0 Å². The molecular formula is C23H32N4O2. The zero-order chi connectivity index (χ0) is 20.6. The van der Waals surface area contributed by atoms with Crippen LogP contribution in [0.2, 0.25) is 0 Å². The first-order valence-corrected chi connectivity index (χ1v) is 10.3. The Morgan fingerprint density at radius 1 is 1.03 bits per heavy atom. The second kappa shape index (κ2) is 10.2. The number of nitrogens with zero attached hydrogens (tertiary/aromatic N) is 2. The van der Waals surface area contributed by atoms with Gasteiger partial charge < -0.3 is 20.3 Å². The summed E-state index contributed by atoms with van der Waals surface area (Å²) in [6.07, 6.45) is 0.947. The Labute approximate surface area is 173 Å². The summed E-state index contributed by atoms with van der Waals surface area (Å²) in [4.78, 5) is 17.0. The maximum atomic E-state index is 12.1. The molecule has 0 bridgehead atoms. The molecule has 0 aliphatic carbocycles. The van der Waals surface area contributed by atoms with Gasteiger partial charge in [-0.1, -0.05) is 17.7 Å². The molecule has 1 saturated heterocycles. The summed E-state index contributed by atoms with van der Waals surface area (Å²) in [5, 5.41) is 5.89. The smallest absolute Gasteiger partial charge is 0.319 e. The normalized spacial score (nSPS) is 14.5. The lowest BCUT2D eigenvalue weighted by molar-refractivity contribution is 0.244. The number of urea groups is 1. The van der Waals surface area contributed by atoms with Crippen molar-refractivity contribution in [3.8, 4) is 5.75 Å². The number of methoxy groups -OCH3 is 1. The van der Waals surface area contributed by atoms with Crippen molar-refractivity contribution in [3.63, 3.8) is 0 Å². The van der Waals surface area contributed by atoms with E-state index in [9.17, 15) is 4.79 Å². The standard InChI is InChI=1S/C23H32N4O2/c1-18-5-10-22(19(2)17-18)25-23(28)24-11-4-12-26-13-15-27(16-14-26)20-6-8-21(29-3)9-7-20/h5-10,17H,4,11-16H2,1-3H3,(H2,24,25,28). The van der Waals surface area contributed by atoms with Crippen LogP contribution in [0.25, 0.3) is 0 Å². The van der Waals surface area contributed by atoms with Crippen molar-refractivity contribution in [2.75, 3.05) is 56.6 Å². The summed E-state index contributed by atoms with van der Waals surface area (Å²) < 4.78 is 5.23. The fraction of sp³-hybridized carbons (Fsp3) is 0.435. The molecule has 0 spiro atoms. The number of hydrogen-bond acceptors (Lipinski definition) is 4. The van der Waals surface area contributed by atoms with Crippen molar-refractivity contribution >= 4 is 17.4 Å². The lowest BCUT2D eigenvalue weighted by Crippen LogP contribution is -2.47. The van der Waals surface area contributed by atoms with E-state index >= 15 is 0 Å². The van der Waals surface area contributed by atoms with Crippen molar-refractivity contribution in [2.24, 2.45) is 0 Å². The van der Waals surface area contributed by atoms with Crippen LogP contribution in [0.4, 0.5) is 16.2 Å². The lowest BCUT2D eigenvalue weighted by atomic mass is 10.1. The average molecular weight is 397 g/mol. The highest BCUT2D eigenvalue weighted by Gasteiger charge is 2.16. The number of anilines is 2. The Kier molecular flexibility index (Phi) is 7.36. The molecule has 0 atom stereocenters. The Morgan fingerprint density at radius 2 is 1.76 bits per heavy atom. The molecule has 2 aromatic rings. The fourth-order valence-corrected chi connectivity index (χ4v) is 3.65. The van der Waals surface area contributed by atoms with Crippen molar-refractivity contribution in [3.05, 3.63) is 53.6 Å². The Morgan fingerprint density at radius 3 is 2.41 bits per heavy atom. The molecule has 0 saturated carbocycles. The second-order valence-corrected chi connectivity index (χ2v) is 7.58. The summed E-state index contributed by atoms with van der Waals surface area (Å²) in [6, 6.07) is 14.1. The highest BCUT2D eigenvalue weighted by molar-refractivity contribution is 5.90. The zero-order valence-corrected chi connectivity index (χ0v) is 17.7. The summed E-state index contributed by atoms with van der Waals surface area (Å²) in [5.74, 6) is 0.890. The van der Waals surface area contributed by atoms with E-state index in [1.54, 1.807) is 7.11 Å². The maximum Gasteiger partial charge on any atom is 0.319 e. The number of rotatable bonds is 7. The Bertz CT molecular complexity index is 799. The first kappa shape index (κ1) is 21.0. The summed E-state index contributed by atoms with van der Waals surface area (Å²) in [5.41, 5.74) is 4.38. The number of nitrogens with one attached hydrogen (secondary N) is 2. The van der Waals surface area contributed by atoms with E-state index in [4.69, 9.17) is 4.74 Å². The van der Waals surface area contributed by atoms with Gasteiger partial charge in [-0.05, 0) is 62.7 Å². The number of carbonyl (C=O) groups is 1. The van der Waals surface area contributed by atoms with Crippen LogP contribution in [0.3, 0.4) is 0 Å². The minimum atomic E-state index is -0.138. The first-order chi connectivity index (χ1) is 14.0. The molecule has 0 radical (unpaired) electrons. The Hall–Kier alpha value is -2.73. The van der Waals surface area contributed by atoms with Gasteiger partial charge in [-0.25, -0.2) is 4.79 Å². The number of ether oxygens (including phenoxy) is 1. The molecule has 2 amide bonds. The van der Waals surface area contributed by atoms with Crippen molar-refractivity contribution in [1.29, 1.82) is 0 Å². The van der Waals surface area contributed by atoms with Crippen LogP contribution in [0.5, 0.6) is 5.75 Å². The highest BCUT2D eigenvalue weighted by Crippen LogP contribution is 2.20. The van der Waals surface area contributed by atoms with E-state index < -0.39 is 0 Å². The van der Waals surface area contributed by atoms with Crippen molar-refractivity contribution < 1.29 is 9.53 Å². The Balaban J connectivity index is 1.32. The van der Waals surface area contributed by atoms with Crippen LogP contribution in [-0.4, -0.2) is 57.3 Å². The van der Waals surface area contributed by atoms with Gasteiger partial charge in [0, 0.05) is 44.1 Å². The van der Waals surface area contributed by atoms with E-state index in [2.05, 4.69) is 38.6 Å². The second-order valence-electron chi connectivity index (χ2n) is 7.58. The molecule has 156 valence electrons. The minimum absolute atomic E-state index is 0.138. The van der Waals surface area contributed by atoms with Crippen LogP contribution in [0.1, 0.15) is 17.5 Å². The fourth-order valence-electron chi connectivity index (χ4n) is 3.65. The number of aryl methyl sites for hydroxylation is 2. The van der Waals surface area contributed by atoms with Crippen molar-refractivity contribution in [1.82, 2.24) is 10.2 Å². The van der Waals surface area contributed by atoms with Crippen LogP contribution in [-0.2, 0) is 0 Å². The quantitative estimate of drug-likeness (QED) is 0.702. The van der Waals surface area contributed by atoms with Gasteiger partial charge in [-0.2, -0.15) is 0 Å². The predicted octanol–water partition coefficient (Wildman–Crippen LogP) is 3.65. The van der Waals surface area contributed by atoms with E-state index in [-0.39, 0.29) is 6.03 Å². The topological polar surface area (TPSA) is 56.8 Å². The number of piperazine rings is 1. The third-order valence-corrected chi connectivity index (χ3v) is 5.38. The van der Waals surface area contributed by atoms with E-state index in [1.807, 2.05) is 38.1 Å². The molecule has 6 heteroatoms. The molecule has 2 N–H and O–H groups in total. The molecule has 3 rings (SSSR count). The molecule has 2 aromatic carbocycles. The van der Waals surface area contributed by atoms with Gasteiger partial charge in [0.2, 0.25) is 0 Å². The molecule has 1 aliphatic heterocycles. The van der Waals surface area contributed by atoms with Crippen LogP contribution < -0.4 is 20.3 Å². The van der Waals surface area contributed by atoms with Crippen LogP contribution >= 0.6 is 0 Å². The molecular weight excluding hydrogens is 364 g/mol. The van der Waals surface area contributed by atoms with Gasteiger partial charge in [-0.15, -0.1) is 0 Å². The SMILES string of the molecule is COc1ccc(N2CCN(CCCNC(=O)Nc3ccc(C)cc3C)CC2)cc1. The van der Waals surface area contributed by atoms with E-state index in [0.717, 1.165) is 56.1 Å². The van der Waals surface area contributed by atoms with Gasteiger partial charge in [0.15, 0.2) is 0 Å². The average Bonchev–Trinajstić information content (AvgIpc) is 2.74. The number of hydrogen-bond donors (Lipinski definition) is 2. The molecule has 1 fully saturated rings. The van der Waals surface area contributed by atoms with Gasteiger partial charge in [0.05, 0.1) is 7.11 Å². The maximum absolute atomic E-state index is 12.1. The molecule has 6 nitrogen and oxygen atoms in total. The predicted molar refractivity (Wildman–Crippen MR) is 119 cm³/mol. The van der Waals surface area contributed by atoms with Crippen molar-refractivity contribution in [2.45, 2.75) is 20.3 Å². The third kappa shape index (κ3) is 6.12. The molecule has 29 heavy (non-hydrogen) atoms. The summed E-state index contributed by atoms with van der Waals surface area (Å²) in [7, 11) is 1.69. The lowest BCUT2D eigenvalue weighted by Gasteiger charge is -2.36. The number of carbonyl (C=O) groups excluding carboxylic acids is 1. The van der Waals surface area contributed by atoms with E-state index in [1.165, 1.54) is 11.3 Å². The molecule has 1 aliphatic rings. The third-order valence-electron chi connectivity index (χ3n) is 5.38. The number of amides is 2. The minimum Gasteiger partial charge on any atom is -0.497 e. The molecule has 0 aromatic heterocycles. The molecule has 1 heterocycles. The van der Waals surface area contributed by atoms with Gasteiger partial charge in [-0.3, -0.25) is 4.90 Å². The highest BCUT2D eigenvalue weighted by atomic mass is 16.5. The summed E-state index contributed by atoms with van der Waals surface area (Å²) in [6.45, 7) is 9.86. The zero-order valence-electron chi connectivity index (χ0n) is 17.7. The first-order valence-electron chi connectivity index (χ1n) is 10.3. The monoisotopic (exact) mass is 396 g/mol. The van der Waals surface area contributed by atoms with Crippen LogP contribution in [0, 0.1) is 13.8 Å². The van der Waals surface area contributed by atoms with Gasteiger partial charge >= 0.3 is 6.03 Å².